The van der Waals surface area contributed by atoms with Gasteiger partial charge in [-0.05, 0) is 59.9 Å². The fraction of sp³-hybridized carbons (Fsp3) is 0.533. The van der Waals surface area contributed by atoms with Crippen molar-refractivity contribution in [2.45, 2.75) is 32.2 Å². The van der Waals surface area contributed by atoms with Crippen molar-refractivity contribution in [3.05, 3.63) is 28.2 Å². The Labute approximate surface area is 128 Å². The first-order chi connectivity index (χ1) is 9.63. The molecule has 0 radical (unpaired) electrons. The molecule has 0 bridgehead atoms. The molecule has 1 fully saturated rings. The van der Waals surface area contributed by atoms with E-state index in [0.717, 1.165) is 36.2 Å². The van der Waals surface area contributed by atoms with E-state index in [9.17, 15) is 4.79 Å². The maximum atomic E-state index is 11.2. The Hall–Kier alpha value is -1.07. The number of nitrogens with one attached hydrogen (secondary N) is 1. The summed E-state index contributed by atoms with van der Waals surface area (Å²) in [5, 5.41) is 3.46. The summed E-state index contributed by atoms with van der Waals surface area (Å²) in [6, 6.07) is 6.13. The van der Waals surface area contributed by atoms with Gasteiger partial charge in [0.1, 0.15) is 0 Å². The third-order valence-electron chi connectivity index (χ3n) is 3.72. The Balaban J connectivity index is 2.26. The van der Waals surface area contributed by atoms with Gasteiger partial charge in [-0.1, -0.05) is 6.92 Å². The van der Waals surface area contributed by atoms with Crippen LogP contribution in [0.25, 0.3) is 0 Å². The molecule has 1 saturated heterocycles. The monoisotopic (exact) mass is 339 g/mol. The predicted molar refractivity (Wildman–Crippen MR) is 86.2 cm³/mol. The van der Waals surface area contributed by atoms with E-state index in [-0.39, 0.29) is 0 Å². The summed E-state index contributed by atoms with van der Waals surface area (Å²) in [6.45, 7) is 5.33. The van der Waals surface area contributed by atoms with Crippen molar-refractivity contribution in [1.82, 2.24) is 5.32 Å². The van der Waals surface area contributed by atoms with E-state index >= 15 is 0 Å². The Kier molecular flexibility index (Phi) is 5.43. The highest BCUT2D eigenvalue weighted by Crippen LogP contribution is 2.30. The van der Waals surface area contributed by atoms with E-state index in [1.165, 1.54) is 12.8 Å². The van der Waals surface area contributed by atoms with Crippen LogP contribution in [0.2, 0.25) is 0 Å². The highest BCUT2D eigenvalue weighted by Gasteiger charge is 2.22. The van der Waals surface area contributed by atoms with Crippen molar-refractivity contribution in [2.75, 3.05) is 24.5 Å². The van der Waals surface area contributed by atoms with Crippen LogP contribution in [0, 0.1) is 0 Å². The number of carbonyl (C=O) groups excluding carboxylic acids is 1. The van der Waals surface area contributed by atoms with Gasteiger partial charge in [-0.3, -0.25) is 4.79 Å². The zero-order valence-electron chi connectivity index (χ0n) is 11.9. The number of benzene rings is 1. The summed E-state index contributed by atoms with van der Waals surface area (Å²) in [4.78, 5) is 13.7. The van der Waals surface area contributed by atoms with Crippen LogP contribution >= 0.6 is 15.9 Å². The second-order valence-corrected chi connectivity index (χ2v) is 6.08. The summed E-state index contributed by atoms with van der Waals surface area (Å²) >= 11 is 3.58. The van der Waals surface area contributed by atoms with E-state index in [4.69, 9.17) is 5.73 Å². The highest BCUT2D eigenvalue weighted by molar-refractivity contribution is 9.10. The number of nitrogens with zero attached hydrogens (tertiary/aromatic N) is 1. The van der Waals surface area contributed by atoms with Crippen molar-refractivity contribution < 1.29 is 4.79 Å². The molecule has 20 heavy (non-hydrogen) atoms. The van der Waals surface area contributed by atoms with Gasteiger partial charge in [0.25, 0.3) is 0 Å². The van der Waals surface area contributed by atoms with Crippen molar-refractivity contribution in [3.8, 4) is 0 Å². The summed E-state index contributed by atoms with van der Waals surface area (Å²) in [5.41, 5.74) is 7.01. The number of nitrogens with two attached hydrogens (primary N) is 1. The molecule has 1 aliphatic heterocycles. The minimum Gasteiger partial charge on any atom is -0.366 e. The van der Waals surface area contributed by atoms with Crippen LogP contribution in [0.5, 0.6) is 0 Å². The molecule has 1 heterocycles. The Morgan fingerprint density at radius 2 is 2.35 bits per heavy atom. The maximum Gasteiger partial charge on any atom is 0.248 e. The minimum atomic E-state index is -0.390. The molecule has 4 nitrogen and oxygen atoms in total. The average molecular weight is 340 g/mol. The van der Waals surface area contributed by atoms with E-state index in [1.807, 2.05) is 12.1 Å². The molecule has 1 aliphatic rings. The summed E-state index contributed by atoms with van der Waals surface area (Å²) in [5.74, 6) is -0.390. The molecular weight excluding hydrogens is 318 g/mol. The molecule has 1 amide bonds. The molecule has 0 spiro atoms. The normalized spacial score (nSPS) is 18.8. The molecule has 0 aliphatic carbocycles. The van der Waals surface area contributed by atoms with E-state index in [0.29, 0.717) is 11.6 Å². The van der Waals surface area contributed by atoms with Crippen LogP contribution in [0.3, 0.4) is 0 Å². The fourth-order valence-corrected chi connectivity index (χ4v) is 3.34. The number of hydrogen-bond acceptors (Lipinski definition) is 3. The van der Waals surface area contributed by atoms with E-state index in [2.05, 4.69) is 33.1 Å². The van der Waals surface area contributed by atoms with Crippen LogP contribution in [0.4, 0.5) is 5.69 Å². The zero-order valence-corrected chi connectivity index (χ0v) is 13.4. The van der Waals surface area contributed by atoms with E-state index in [1.54, 1.807) is 6.07 Å². The van der Waals surface area contributed by atoms with Crippen LogP contribution in [-0.2, 0) is 0 Å². The first kappa shape index (κ1) is 15.3. The Morgan fingerprint density at radius 3 is 2.90 bits per heavy atom. The lowest BCUT2D eigenvalue weighted by atomic mass is 10.0. The van der Waals surface area contributed by atoms with Gasteiger partial charge in [0.15, 0.2) is 0 Å². The van der Waals surface area contributed by atoms with Gasteiger partial charge >= 0.3 is 0 Å². The summed E-state index contributed by atoms with van der Waals surface area (Å²) < 4.78 is 0.938. The number of piperidine rings is 1. The first-order valence-electron chi connectivity index (χ1n) is 7.20. The lowest BCUT2D eigenvalue weighted by Gasteiger charge is -2.37. The maximum absolute atomic E-state index is 11.2. The number of carbonyl (C=O) groups is 1. The van der Waals surface area contributed by atoms with Crippen molar-refractivity contribution in [3.63, 3.8) is 0 Å². The van der Waals surface area contributed by atoms with Crippen LogP contribution < -0.4 is 16.0 Å². The molecular formula is C15H22BrN3O. The fourth-order valence-electron chi connectivity index (χ4n) is 2.73. The lowest BCUT2D eigenvalue weighted by molar-refractivity contribution is 0.100. The minimum absolute atomic E-state index is 0.390. The average Bonchev–Trinajstić information content (AvgIpc) is 2.46. The molecule has 0 aromatic heterocycles. The molecule has 1 atom stereocenters. The number of amides is 1. The number of hydrogen-bond donors (Lipinski definition) is 2. The van der Waals surface area contributed by atoms with E-state index < -0.39 is 5.91 Å². The molecule has 1 unspecified atom stereocenters. The molecule has 1 aromatic carbocycles. The van der Waals surface area contributed by atoms with Gasteiger partial charge in [-0.25, -0.2) is 0 Å². The Bertz CT molecular complexity index is 472. The van der Waals surface area contributed by atoms with Gasteiger partial charge in [0.05, 0.1) is 5.69 Å². The van der Waals surface area contributed by atoms with Crippen LogP contribution in [0.1, 0.15) is 36.5 Å². The van der Waals surface area contributed by atoms with Crippen molar-refractivity contribution in [1.29, 1.82) is 0 Å². The van der Waals surface area contributed by atoms with Gasteiger partial charge < -0.3 is 16.0 Å². The second-order valence-electron chi connectivity index (χ2n) is 5.22. The summed E-state index contributed by atoms with van der Waals surface area (Å²) in [6.07, 6.45) is 3.51. The molecule has 110 valence electrons. The quantitative estimate of drug-likeness (QED) is 0.866. The van der Waals surface area contributed by atoms with Crippen LogP contribution in [-0.4, -0.2) is 31.6 Å². The van der Waals surface area contributed by atoms with Crippen LogP contribution in [0.15, 0.2) is 22.7 Å². The SMILES string of the molecule is CCCN(c1ccc(C(N)=O)cc1Br)C1CCCNC1. The number of halogens is 1. The second kappa shape index (κ2) is 7.09. The molecule has 3 N–H and O–H groups in total. The first-order valence-corrected chi connectivity index (χ1v) is 7.99. The number of anilines is 1. The predicted octanol–water partition coefficient (Wildman–Crippen LogP) is 2.52. The zero-order chi connectivity index (χ0) is 14.5. The number of rotatable bonds is 5. The van der Waals surface area contributed by atoms with Gasteiger partial charge in [-0.2, -0.15) is 0 Å². The molecule has 5 heteroatoms. The third kappa shape index (κ3) is 3.52. The third-order valence-corrected chi connectivity index (χ3v) is 4.35. The van der Waals surface area contributed by atoms with Gasteiger partial charge in [0, 0.05) is 29.2 Å². The highest BCUT2D eigenvalue weighted by atomic mass is 79.9. The topological polar surface area (TPSA) is 58.4 Å². The largest absolute Gasteiger partial charge is 0.366 e. The van der Waals surface area contributed by atoms with Crippen molar-refractivity contribution in [2.24, 2.45) is 5.73 Å². The Morgan fingerprint density at radius 1 is 1.55 bits per heavy atom. The van der Waals surface area contributed by atoms with Gasteiger partial charge in [-0.15, -0.1) is 0 Å². The summed E-state index contributed by atoms with van der Waals surface area (Å²) in [7, 11) is 0. The molecule has 2 rings (SSSR count). The number of primary amides is 1. The van der Waals surface area contributed by atoms with Crippen molar-refractivity contribution >= 4 is 27.5 Å². The smallest absolute Gasteiger partial charge is 0.248 e. The van der Waals surface area contributed by atoms with Gasteiger partial charge in [0.2, 0.25) is 5.91 Å². The molecule has 0 saturated carbocycles. The molecule has 1 aromatic rings. The standard InChI is InChI=1S/C15H22BrN3O/c1-2-8-19(12-4-3-7-18-10-12)14-6-5-11(15(17)20)9-13(14)16/h5-6,9,12,18H,2-4,7-8,10H2,1H3,(H2,17,20). The lowest BCUT2D eigenvalue weighted by Crippen LogP contribution is -2.46.